The van der Waals surface area contributed by atoms with E-state index in [1.54, 1.807) is 0 Å². The molecule has 1 heterocycles. The first-order chi connectivity index (χ1) is 15.5. The van der Waals surface area contributed by atoms with Crippen LogP contribution in [0.5, 0.6) is 0 Å². The van der Waals surface area contributed by atoms with E-state index in [1.807, 2.05) is 0 Å². The molecule has 5 heteroatoms. The van der Waals surface area contributed by atoms with Gasteiger partial charge in [-0.15, -0.1) is 0 Å². The fourth-order valence-corrected chi connectivity index (χ4v) is 10.3. The summed E-state index contributed by atoms with van der Waals surface area (Å²) in [4.78, 5) is 13.6. The maximum absolute atomic E-state index is 13.6. The number of Topliss-reactive ketones (excluding diaryl/α,β-unsaturated/α-hetero) is 1. The average molecular weight is 491 g/mol. The van der Waals surface area contributed by atoms with Gasteiger partial charge >= 0.3 is 0 Å². The summed E-state index contributed by atoms with van der Waals surface area (Å²) in [5.41, 5.74) is 0.214. The monoisotopic (exact) mass is 490 g/mol. The lowest BCUT2D eigenvalue weighted by atomic mass is 9.43. The van der Waals surface area contributed by atoms with Crippen LogP contribution < -0.4 is 0 Å². The first-order valence-electron chi connectivity index (χ1n) is 14.1. The third-order valence-electron chi connectivity index (χ3n) is 11.8. The Balaban J connectivity index is 1.51. The summed E-state index contributed by atoms with van der Waals surface area (Å²) < 4.78 is 20.5. The van der Waals surface area contributed by atoms with Gasteiger partial charge in [-0.25, -0.2) is 0 Å². The second-order valence-corrected chi connectivity index (χ2v) is 19.9. The van der Waals surface area contributed by atoms with Gasteiger partial charge in [-0.2, -0.15) is 0 Å². The van der Waals surface area contributed by atoms with Gasteiger partial charge in [-0.05, 0) is 99.1 Å². The molecular formula is C29H50O4Si. The van der Waals surface area contributed by atoms with Crippen molar-refractivity contribution in [1.82, 2.24) is 0 Å². The largest absolute Gasteiger partial charge is 0.413 e. The molecule has 0 radical (unpaired) electrons. The molecule has 0 bridgehead atoms. The summed E-state index contributed by atoms with van der Waals surface area (Å²) in [5.74, 6) is 1.52. The predicted octanol–water partition coefficient (Wildman–Crippen LogP) is 6.97. The fourth-order valence-electron chi connectivity index (χ4n) is 8.88. The van der Waals surface area contributed by atoms with Crippen molar-refractivity contribution in [3.8, 4) is 0 Å². The Labute approximate surface area is 209 Å². The Morgan fingerprint density at radius 1 is 0.882 bits per heavy atom. The number of ether oxygens (including phenoxy) is 2. The molecule has 0 spiro atoms. The summed E-state index contributed by atoms with van der Waals surface area (Å²) >= 11 is 0. The van der Waals surface area contributed by atoms with Gasteiger partial charge in [0, 0.05) is 5.92 Å². The van der Waals surface area contributed by atoms with E-state index in [4.69, 9.17) is 13.9 Å². The van der Waals surface area contributed by atoms with Crippen LogP contribution in [0.1, 0.15) is 93.9 Å². The van der Waals surface area contributed by atoms with E-state index >= 15 is 0 Å². The smallest absolute Gasteiger partial charge is 0.192 e. The van der Waals surface area contributed by atoms with Crippen molar-refractivity contribution < 1.29 is 18.7 Å². The van der Waals surface area contributed by atoms with Crippen LogP contribution >= 0.6 is 0 Å². The molecule has 1 saturated heterocycles. The Kier molecular flexibility index (Phi) is 5.72. The summed E-state index contributed by atoms with van der Waals surface area (Å²) in [7, 11) is -1.85. The van der Waals surface area contributed by atoms with Gasteiger partial charge in [-0.1, -0.05) is 41.5 Å². The normalized spacial score (nSPS) is 50.4. The number of rotatable bonds is 2. The lowest BCUT2D eigenvalue weighted by Gasteiger charge is -2.62. The van der Waals surface area contributed by atoms with Crippen molar-refractivity contribution in [2.45, 2.75) is 136 Å². The summed E-state index contributed by atoms with van der Waals surface area (Å²) in [5, 5.41) is 0.223. The SMILES string of the molecule is C[C@H]1CC[C@]2(C)C3CC[C@]4(C)C(O[Si](C)(C)C(C)(C)C)CCC4C3C3OC(C)(C)OC3C2C1=O. The molecule has 0 aromatic rings. The van der Waals surface area contributed by atoms with Crippen molar-refractivity contribution in [3.05, 3.63) is 0 Å². The van der Waals surface area contributed by atoms with Crippen LogP contribution in [0.2, 0.25) is 18.1 Å². The minimum atomic E-state index is -1.85. The van der Waals surface area contributed by atoms with Crippen LogP contribution in [-0.2, 0) is 18.7 Å². The minimum Gasteiger partial charge on any atom is -0.413 e. The average Bonchev–Trinajstić information content (AvgIpc) is 3.19. The molecule has 5 fully saturated rings. The minimum absolute atomic E-state index is 0.0192. The molecule has 5 rings (SSSR count). The third kappa shape index (κ3) is 3.49. The highest BCUT2D eigenvalue weighted by Gasteiger charge is 2.70. The topological polar surface area (TPSA) is 44.8 Å². The fraction of sp³-hybridized carbons (Fsp3) is 0.966. The predicted molar refractivity (Wildman–Crippen MR) is 138 cm³/mol. The van der Waals surface area contributed by atoms with Crippen molar-refractivity contribution in [2.24, 2.45) is 40.4 Å². The van der Waals surface area contributed by atoms with Gasteiger partial charge in [0.25, 0.3) is 0 Å². The second kappa shape index (κ2) is 7.64. The van der Waals surface area contributed by atoms with Crippen LogP contribution in [-0.4, -0.2) is 38.2 Å². The zero-order valence-corrected chi connectivity index (χ0v) is 24.5. The Morgan fingerprint density at radius 3 is 2.12 bits per heavy atom. The zero-order chi connectivity index (χ0) is 25.1. The lowest BCUT2D eigenvalue weighted by molar-refractivity contribution is -0.189. The van der Waals surface area contributed by atoms with E-state index in [0.29, 0.717) is 29.6 Å². The first kappa shape index (κ1) is 25.4. The van der Waals surface area contributed by atoms with E-state index in [0.717, 1.165) is 19.3 Å². The van der Waals surface area contributed by atoms with E-state index in [-0.39, 0.29) is 39.9 Å². The molecule has 0 aromatic carbocycles. The molecule has 1 aliphatic heterocycles. The van der Waals surface area contributed by atoms with Crippen molar-refractivity contribution >= 4 is 14.1 Å². The van der Waals surface area contributed by atoms with Gasteiger partial charge in [0.05, 0.1) is 24.2 Å². The molecular weight excluding hydrogens is 440 g/mol. The number of hydrogen-bond acceptors (Lipinski definition) is 4. The van der Waals surface area contributed by atoms with Crippen molar-refractivity contribution in [3.63, 3.8) is 0 Å². The highest BCUT2D eigenvalue weighted by atomic mass is 28.4. The summed E-state index contributed by atoms with van der Waals surface area (Å²) in [6.07, 6.45) is 7.23. The van der Waals surface area contributed by atoms with Gasteiger partial charge in [0.15, 0.2) is 14.1 Å². The summed E-state index contributed by atoms with van der Waals surface area (Å²) in [6, 6.07) is 0. The molecule has 4 saturated carbocycles. The molecule has 0 N–H and O–H groups in total. The van der Waals surface area contributed by atoms with Gasteiger partial charge in [0.2, 0.25) is 0 Å². The van der Waals surface area contributed by atoms with E-state index in [1.165, 1.54) is 19.3 Å². The van der Waals surface area contributed by atoms with Crippen LogP contribution in [0.15, 0.2) is 0 Å². The van der Waals surface area contributed by atoms with Gasteiger partial charge in [0.1, 0.15) is 5.78 Å². The molecule has 10 atom stereocenters. The zero-order valence-electron chi connectivity index (χ0n) is 23.5. The van der Waals surface area contributed by atoms with Crippen LogP contribution in [0.25, 0.3) is 0 Å². The Bertz CT molecular complexity index is 846. The van der Waals surface area contributed by atoms with Crippen molar-refractivity contribution in [2.75, 3.05) is 0 Å². The van der Waals surface area contributed by atoms with Crippen molar-refractivity contribution in [1.29, 1.82) is 0 Å². The van der Waals surface area contributed by atoms with E-state index in [9.17, 15) is 4.79 Å². The van der Waals surface area contributed by atoms with Gasteiger partial charge in [-0.3, -0.25) is 4.79 Å². The molecule has 194 valence electrons. The third-order valence-corrected chi connectivity index (χ3v) is 16.3. The van der Waals surface area contributed by atoms with Crippen LogP contribution in [0.3, 0.4) is 0 Å². The molecule has 4 nitrogen and oxygen atoms in total. The number of ketones is 1. The number of fused-ring (bicyclic) bond motifs is 8. The van der Waals surface area contributed by atoms with Crippen LogP contribution in [0, 0.1) is 40.4 Å². The number of carbonyl (C=O) groups excluding carboxylic acids is 1. The molecule has 4 aliphatic carbocycles. The quantitative estimate of drug-likeness (QED) is 0.392. The van der Waals surface area contributed by atoms with E-state index in [2.05, 4.69) is 68.5 Å². The Morgan fingerprint density at radius 2 is 1.47 bits per heavy atom. The first-order valence-corrected chi connectivity index (χ1v) is 17.0. The molecule has 7 unspecified atom stereocenters. The highest BCUT2D eigenvalue weighted by molar-refractivity contribution is 6.74. The molecule has 0 aromatic heterocycles. The number of carbonyl (C=O) groups is 1. The number of hydrogen-bond donors (Lipinski definition) is 0. The standard InChI is InChI=1S/C29H50O4Si/c1-17-13-15-29(8)19-14-16-28(7)18(11-12-20(28)33-34(9,10)26(2,3)4)21(19)24-25(22(29)23(17)30)32-27(5,6)31-24/h17-22,24-25H,11-16H2,1-10H3/t17-,18?,19?,20?,21?,22?,24?,25?,28-,29+/m0/s1. The maximum atomic E-state index is 13.6. The highest BCUT2D eigenvalue weighted by Crippen LogP contribution is 2.68. The lowest BCUT2D eigenvalue weighted by Crippen LogP contribution is -2.65. The maximum Gasteiger partial charge on any atom is 0.192 e. The van der Waals surface area contributed by atoms with E-state index < -0.39 is 14.1 Å². The molecule has 0 amide bonds. The molecule has 34 heavy (non-hydrogen) atoms. The summed E-state index contributed by atoms with van der Waals surface area (Å²) in [6.45, 7) is 23.1. The van der Waals surface area contributed by atoms with Gasteiger partial charge < -0.3 is 13.9 Å². The molecule has 5 aliphatic rings. The second-order valence-electron chi connectivity index (χ2n) is 15.2. The van der Waals surface area contributed by atoms with Crippen LogP contribution in [0.4, 0.5) is 0 Å². The Hall–Kier alpha value is -0.233.